The summed E-state index contributed by atoms with van der Waals surface area (Å²) in [6.45, 7) is 1.93. The predicted octanol–water partition coefficient (Wildman–Crippen LogP) is 3.43. The van der Waals surface area contributed by atoms with Crippen molar-refractivity contribution in [2.45, 2.75) is 17.6 Å². The fourth-order valence-electron chi connectivity index (χ4n) is 2.35. The summed E-state index contributed by atoms with van der Waals surface area (Å²) in [6.07, 6.45) is 1.76. The minimum Gasteiger partial charge on any atom is -0.398 e. The maximum Gasteiger partial charge on any atom is 0.0705 e. The van der Waals surface area contributed by atoms with Crippen LogP contribution in [0.5, 0.6) is 0 Å². The largest absolute Gasteiger partial charge is 0.398 e. The van der Waals surface area contributed by atoms with Crippen molar-refractivity contribution in [3.63, 3.8) is 0 Å². The van der Waals surface area contributed by atoms with E-state index in [1.54, 1.807) is 6.20 Å². The Kier molecular flexibility index (Phi) is 3.71. The third-order valence-electron chi connectivity index (χ3n) is 3.56. The van der Waals surface area contributed by atoms with Gasteiger partial charge >= 0.3 is 0 Å². The van der Waals surface area contributed by atoms with E-state index in [-0.39, 0.29) is 0 Å². The quantitative estimate of drug-likeness (QED) is 0.753. The highest BCUT2D eigenvalue weighted by atomic mass is 32.2. The Bertz CT molecular complexity index is 825. The smallest absolute Gasteiger partial charge is 0.0705 e. The number of aromatic nitrogens is 1. The van der Waals surface area contributed by atoms with Crippen molar-refractivity contribution in [1.29, 1.82) is 0 Å². The monoisotopic (exact) mass is 296 g/mol. The molecule has 3 aromatic rings. The van der Waals surface area contributed by atoms with Crippen LogP contribution in [0, 0.1) is 6.92 Å². The summed E-state index contributed by atoms with van der Waals surface area (Å²) in [5.41, 5.74) is 9.57. The van der Waals surface area contributed by atoms with E-state index in [1.165, 1.54) is 0 Å². The molecule has 0 fully saturated rings. The molecule has 0 aliphatic carbocycles. The Balaban J connectivity index is 1.99. The van der Waals surface area contributed by atoms with Crippen molar-refractivity contribution in [2.24, 2.45) is 0 Å². The number of nitrogens with two attached hydrogens (primary N) is 1. The highest BCUT2D eigenvalue weighted by Crippen LogP contribution is 2.24. The van der Waals surface area contributed by atoms with E-state index in [9.17, 15) is 4.21 Å². The summed E-state index contributed by atoms with van der Waals surface area (Å²) in [6, 6.07) is 15.5. The summed E-state index contributed by atoms with van der Waals surface area (Å²) in [7, 11) is -1.17. The molecule has 0 aliphatic heterocycles. The topological polar surface area (TPSA) is 56.0 Å². The minimum atomic E-state index is -1.17. The summed E-state index contributed by atoms with van der Waals surface area (Å²) < 4.78 is 12.6. The molecule has 1 unspecified atom stereocenters. The third-order valence-corrected chi connectivity index (χ3v) is 4.98. The highest BCUT2D eigenvalue weighted by Gasteiger charge is 2.12. The number of rotatable bonds is 3. The van der Waals surface area contributed by atoms with Gasteiger partial charge in [0.1, 0.15) is 0 Å². The molecule has 3 rings (SSSR count). The number of benzene rings is 2. The number of hydrogen-bond acceptors (Lipinski definition) is 3. The van der Waals surface area contributed by atoms with Crippen molar-refractivity contribution in [3.8, 4) is 0 Å². The van der Waals surface area contributed by atoms with Crippen LogP contribution < -0.4 is 5.73 Å². The lowest BCUT2D eigenvalue weighted by Crippen LogP contribution is -2.03. The number of pyridine rings is 1. The minimum absolute atomic E-state index is 0.441. The number of anilines is 1. The molecule has 0 amide bonds. The summed E-state index contributed by atoms with van der Waals surface area (Å²) in [5.74, 6) is 0.441. The van der Waals surface area contributed by atoms with Gasteiger partial charge < -0.3 is 5.73 Å². The van der Waals surface area contributed by atoms with Crippen molar-refractivity contribution in [2.75, 3.05) is 5.73 Å². The average molecular weight is 296 g/mol. The molecule has 2 N–H and O–H groups in total. The molecule has 21 heavy (non-hydrogen) atoms. The molecule has 0 bridgehead atoms. The molecule has 1 aromatic heterocycles. The van der Waals surface area contributed by atoms with Crippen LogP contribution in [0.3, 0.4) is 0 Å². The van der Waals surface area contributed by atoms with Crippen molar-refractivity contribution < 1.29 is 4.21 Å². The lowest BCUT2D eigenvalue weighted by molar-refractivity contribution is 0.683. The first kappa shape index (κ1) is 13.8. The zero-order valence-electron chi connectivity index (χ0n) is 11.7. The van der Waals surface area contributed by atoms with Gasteiger partial charge in [-0.25, -0.2) is 0 Å². The number of nitrogen functional groups attached to an aromatic ring is 1. The summed E-state index contributed by atoms with van der Waals surface area (Å²) >= 11 is 0. The van der Waals surface area contributed by atoms with Gasteiger partial charge in [0.05, 0.1) is 32.7 Å². The van der Waals surface area contributed by atoms with E-state index in [0.29, 0.717) is 16.3 Å². The lowest BCUT2D eigenvalue weighted by atomic mass is 10.1. The zero-order valence-corrected chi connectivity index (χ0v) is 12.6. The van der Waals surface area contributed by atoms with Gasteiger partial charge in [0.2, 0.25) is 0 Å². The van der Waals surface area contributed by atoms with Crippen LogP contribution in [0.25, 0.3) is 10.9 Å². The Morgan fingerprint density at radius 3 is 2.76 bits per heavy atom. The van der Waals surface area contributed by atoms with E-state index >= 15 is 0 Å². The lowest BCUT2D eigenvalue weighted by Gasteiger charge is -2.09. The number of nitrogens with zero attached hydrogens (tertiary/aromatic N) is 1. The van der Waals surface area contributed by atoms with E-state index in [4.69, 9.17) is 5.73 Å². The fourth-order valence-corrected chi connectivity index (χ4v) is 3.68. The van der Waals surface area contributed by atoms with Gasteiger partial charge in [-0.3, -0.25) is 9.19 Å². The van der Waals surface area contributed by atoms with E-state index < -0.39 is 10.8 Å². The molecule has 106 valence electrons. The molecule has 0 saturated carbocycles. The molecule has 4 heteroatoms. The van der Waals surface area contributed by atoms with Gasteiger partial charge in [-0.05, 0) is 36.2 Å². The number of aryl methyl sites for hydroxylation is 1. The molecule has 0 aliphatic rings. The van der Waals surface area contributed by atoms with Crippen molar-refractivity contribution in [3.05, 3.63) is 65.9 Å². The second-order valence-electron chi connectivity index (χ2n) is 4.96. The average Bonchev–Trinajstić information content (AvgIpc) is 2.50. The fraction of sp³-hybridized carbons (Fsp3) is 0.118. The van der Waals surface area contributed by atoms with Gasteiger partial charge in [-0.2, -0.15) is 0 Å². The standard InChI is InChI=1S/C17H16N2OS/c1-12-5-4-8-16(17(12)18)21(20)11-13-9-10-19-15-7-3-2-6-14(13)15/h2-10H,11,18H2,1H3. The van der Waals surface area contributed by atoms with Gasteiger partial charge in [0.25, 0.3) is 0 Å². The van der Waals surface area contributed by atoms with E-state index in [2.05, 4.69) is 4.98 Å². The Hall–Kier alpha value is -2.20. The van der Waals surface area contributed by atoms with Crippen molar-refractivity contribution in [1.82, 2.24) is 4.98 Å². The van der Waals surface area contributed by atoms with Crippen LogP contribution >= 0.6 is 0 Å². The van der Waals surface area contributed by atoms with Gasteiger partial charge in [-0.1, -0.05) is 30.3 Å². The Labute approximate surface area is 126 Å². The normalized spacial score (nSPS) is 12.4. The van der Waals surface area contributed by atoms with Crippen LogP contribution in [0.2, 0.25) is 0 Å². The van der Waals surface area contributed by atoms with E-state index in [0.717, 1.165) is 22.0 Å². The van der Waals surface area contributed by atoms with Crippen LogP contribution in [0.1, 0.15) is 11.1 Å². The molecule has 0 spiro atoms. The predicted molar refractivity (Wildman–Crippen MR) is 87.4 cm³/mol. The van der Waals surface area contributed by atoms with Crippen LogP contribution in [0.4, 0.5) is 5.69 Å². The van der Waals surface area contributed by atoms with Gasteiger partial charge in [0, 0.05) is 11.6 Å². The second-order valence-corrected chi connectivity index (χ2v) is 6.38. The molecular weight excluding hydrogens is 280 g/mol. The first-order chi connectivity index (χ1) is 10.2. The number of fused-ring (bicyclic) bond motifs is 1. The first-order valence-corrected chi connectivity index (χ1v) is 8.05. The maximum absolute atomic E-state index is 12.6. The summed E-state index contributed by atoms with van der Waals surface area (Å²) in [5, 5.41) is 1.04. The molecule has 2 aromatic carbocycles. The Morgan fingerprint density at radius 2 is 1.90 bits per heavy atom. The molecule has 0 saturated heterocycles. The van der Waals surface area contributed by atoms with E-state index in [1.807, 2.05) is 55.5 Å². The molecule has 3 nitrogen and oxygen atoms in total. The molecular formula is C17H16N2OS. The van der Waals surface area contributed by atoms with Crippen LogP contribution in [0.15, 0.2) is 59.6 Å². The zero-order chi connectivity index (χ0) is 14.8. The molecule has 1 heterocycles. The molecule has 1 atom stereocenters. The Morgan fingerprint density at radius 1 is 1.10 bits per heavy atom. The SMILES string of the molecule is Cc1cccc(S(=O)Cc2ccnc3ccccc23)c1N. The number of para-hydroxylation sites is 2. The third kappa shape index (κ3) is 2.67. The number of hydrogen-bond donors (Lipinski definition) is 1. The first-order valence-electron chi connectivity index (χ1n) is 6.73. The summed E-state index contributed by atoms with van der Waals surface area (Å²) in [4.78, 5) is 5.03. The van der Waals surface area contributed by atoms with Crippen LogP contribution in [-0.4, -0.2) is 9.19 Å². The maximum atomic E-state index is 12.6. The van der Waals surface area contributed by atoms with Crippen molar-refractivity contribution >= 4 is 27.4 Å². The van der Waals surface area contributed by atoms with Gasteiger partial charge in [-0.15, -0.1) is 0 Å². The van der Waals surface area contributed by atoms with Crippen LogP contribution in [-0.2, 0) is 16.6 Å². The molecule has 0 radical (unpaired) electrons. The second kappa shape index (κ2) is 5.66. The van der Waals surface area contributed by atoms with Gasteiger partial charge in [0.15, 0.2) is 0 Å². The highest BCUT2D eigenvalue weighted by molar-refractivity contribution is 7.84.